The fourth-order valence-corrected chi connectivity index (χ4v) is 1.37. The molecule has 1 nitrogen and oxygen atoms in total. The molecule has 0 fully saturated rings. The highest BCUT2D eigenvalue weighted by Gasteiger charge is 2.35. The summed E-state index contributed by atoms with van der Waals surface area (Å²) in [4.78, 5) is 0. The predicted octanol–water partition coefficient (Wildman–Crippen LogP) is 3.92. The van der Waals surface area contributed by atoms with Gasteiger partial charge in [-0.3, -0.25) is 0 Å². The largest absolute Gasteiger partial charge is 0.419 e. The monoisotopic (exact) mass is 293 g/mol. The normalized spacial score (nSPS) is 13.3. The Morgan fingerprint density at radius 3 is 2.17 bits per heavy atom. The van der Waals surface area contributed by atoms with E-state index in [1.54, 1.807) is 0 Å². The first kappa shape index (κ1) is 17.1. The van der Waals surface area contributed by atoms with Crippen LogP contribution in [-0.2, 0) is 6.18 Å². The Bertz CT molecular complexity index is 392. The Kier molecular flexibility index (Phi) is 5.95. The second kappa shape index (κ2) is 6.29. The molecule has 0 bridgehead atoms. The zero-order valence-corrected chi connectivity index (χ0v) is 9.66. The Morgan fingerprint density at radius 2 is 1.72 bits per heavy atom. The Hall–Kier alpha value is -0.950. The maximum atomic E-state index is 13.4. The molecule has 1 aromatic carbocycles. The van der Waals surface area contributed by atoms with Gasteiger partial charge in [0, 0.05) is 18.0 Å². The summed E-state index contributed by atoms with van der Waals surface area (Å²) in [6.07, 6.45) is -8.57. The van der Waals surface area contributed by atoms with Gasteiger partial charge < -0.3 is 5.73 Å². The SMILES string of the molecule is Cl.N[C@@H](CC(F)F)c1cccc(C(F)(F)F)c1F. The van der Waals surface area contributed by atoms with Gasteiger partial charge in [0.15, 0.2) is 0 Å². The second-order valence-electron chi connectivity index (χ2n) is 3.44. The van der Waals surface area contributed by atoms with Gasteiger partial charge >= 0.3 is 6.18 Å². The average Bonchev–Trinajstić information content (AvgIpc) is 2.14. The van der Waals surface area contributed by atoms with Gasteiger partial charge in [0.05, 0.1) is 5.56 Å². The molecule has 18 heavy (non-hydrogen) atoms. The van der Waals surface area contributed by atoms with Crippen molar-refractivity contribution in [2.45, 2.75) is 25.1 Å². The first-order valence-corrected chi connectivity index (χ1v) is 4.62. The molecular weight excluding hydrogens is 284 g/mol. The lowest BCUT2D eigenvalue weighted by atomic mass is 10.0. The van der Waals surface area contributed by atoms with E-state index < -0.39 is 42.0 Å². The molecule has 1 aromatic rings. The van der Waals surface area contributed by atoms with Gasteiger partial charge in [0.1, 0.15) is 5.82 Å². The molecule has 1 rings (SSSR count). The maximum Gasteiger partial charge on any atom is 0.419 e. The first-order chi connectivity index (χ1) is 7.73. The molecule has 2 N–H and O–H groups in total. The maximum absolute atomic E-state index is 13.4. The van der Waals surface area contributed by atoms with E-state index >= 15 is 0 Å². The third-order valence-corrected chi connectivity index (χ3v) is 2.17. The van der Waals surface area contributed by atoms with E-state index in [1.165, 1.54) is 0 Å². The van der Waals surface area contributed by atoms with Crippen LogP contribution in [0.1, 0.15) is 23.6 Å². The number of hydrogen-bond donors (Lipinski definition) is 1. The van der Waals surface area contributed by atoms with E-state index in [-0.39, 0.29) is 12.4 Å². The van der Waals surface area contributed by atoms with E-state index in [1.807, 2.05) is 0 Å². The number of halogens is 7. The summed E-state index contributed by atoms with van der Waals surface area (Å²) in [6, 6.07) is 0.982. The molecule has 0 aliphatic heterocycles. The Morgan fingerprint density at radius 1 is 1.17 bits per heavy atom. The summed E-state index contributed by atoms with van der Waals surface area (Å²) in [5.74, 6) is -1.59. The molecule has 0 aliphatic rings. The Balaban J connectivity index is 0.00000289. The first-order valence-electron chi connectivity index (χ1n) is 4.62. The quantitative estimate of drug-likeness (QED) is 0.840. The molecule has 0 amide bonds. The van der Waals surface area contributed by atoms with Crippen LogP contribution in [0.4, 0.5) is 26.3 Å². The zero-order chi connectivity index (χ0) is 13.2. The van der Waals surface area contributed by atoms with Crippen molar-refractivity contribution >= 4 is 12.4 Å². The predicted molar refractivity (Wildman–Crippen MR) is 56.2 cm³/mol. The van der Waals surface area contributed by atoms with Crippen molar-refractivity contribution < 1.29 is 26.3 Å². The van der Waals surface area contributed by atoms with Crippen molar-refractivity contribution in [1.82, 2.24) is 0 Å². The molecule has 0 radical (unpaired) electrons. The molecule has 0 saturated heterocycles. The molecule has 0 saturated carbocycles. The minimum absolute atomic E-state index is 0. The molecular formula is C10H10ClF6N. The lowest BCUT2D eigenvalue weighted by molar-refractivity contribution is -0.140. The number of benzene rings is 1. The van der Waals surface area contributed by atoms with Gasteiger partial charge in [0.25, 0.3) is 0 Å². The van der Waals surface area contributed by atoms with Crippen molar-refractivity contribution in [3.05, 3.63) is 35.1 Å². The molecule has 0 spiro atoms. The van der Waals surface area contributed by atoms with E-state index in [4.69, 9.17) is 5.73 Å². The summed E-state index contributed by atoms with van der Waals surface area (Å²) in [5, 5.41) is 0. The van der Waals surface area contributed by atoms with Crippen molar-refractivity contribution in [2.24, 2.45) is 5.73 Å². The van der Waals surface area contributed by atoms with Gasteiger partial charge in [-0.2, -0.15) is 13.2 Å². The van der Waals surface area contributed by atoms with Crippen LogP contribution in [0, 0.1) is 5.82 Å². The van der Waals surface area contributed by atoms with Crippen LogP contribution in [0.25, 0.3) is 0 Å². The molecule has 8 heteroatoms. The van der Waals surface area contributed by atoms with E-state index in [0.717, 1.165) is 12.1 Å². The van der Waals surface area contributed by atoms with Gasteiger partial charge in [-0.1, -0.05) is 12.1 Å². The van der Waals surface area contributed by atoms with Gasteiger partial charge in [-0.25, -0.2) is 13.2 Å². The van der Waals surface area contributed by atoms with Crippen LogP contribution in [0.2, 0.25) is 0 Å². The van der Waals surface area contributed by atoms with Gasteiger partial charge in [0.2, 0.25) is 6.43 Å². The third-order valence-electron chi connectivity index (χ3n) is 2.17. The van der Waals surface area contributed by atoms with E-state index in [9.17, 15) is 26.3 Å². The fourth-order valence-electron chi connectivity index (χ4n) is 1.37. The van der Waals surface area contributed by atoms with E-state index in [2.05, 4.69) is 0 Å². The third kappa shape index (κ3) is 4.06. The molecule has 0 aliphatic carbocycles. The topological polar surface area (TPSA) is 26.0 Å². The number of alkyl halides is 5. The average molecular weight is 294 g/mol. The van der Waals surface area contributed by atoms with Crippen molar-refractivity contribution in [3.8, 4) is 0 Å². The molecule has 0 unspecified atom stereocenters. The standard InChI is InChI=1S/C10H9F6N.ClH/c11-8(12)4-7(17)5-2-1-3-6(9(5)13)10(14,15)16;/h1-3,7-8H,4,17H2;1H/t7-;/m0./s1. The molecule has 0 aromatic heterocycles. The molecule has 1 atom stereocenters. The number of nitrogens with two attached hydrogens (primary N) is 1. The summed E-state index contributed by atoms with van der Waals surface area (Å²) < 4.78 is 74.4. The van der Waals surface area contributed by atoms with Crippen LogP contribution in [0.3, 0.4) is 0 Å². The molecule has 104 valence electrons. The minimum Gasteiger partial charge on any atom is -0.324 e. The van der Waals surface area contributed by atoms with Crippen LogP contribution in [0.5, 0.6) is 0 Å². The number of rotatable bonds is 3. The number of hydrogen-bond acceptors (Lipinski definition) is 1. The van der Waals surface area contributed by atoms with Crippen molar-refractivity contribution in [2.75, 3.05) is 0 Å². The summed E-state index contributed by atoms with van der Waals surface area (Å²) in [7, 11) is 0. The lowest BCUT2D eigenvalue weighted by Gasteiger charge is -2.15. The highest BCUT2D eigenvalue weighted by atomic mass is 35.5. The highest BCUT2D eigenvalue weighted by molar-refractivity contribution is 5.85. The van der Waals surface area contributed by atoms with Crippen LogP contribution in [0.15, 0.2) is 18.2 Å². The van der Waals surface area contributed by atoms with E-state index in [0.29, 0.717) is 6.07 Å². The summed E-state index contributed by atoms with van der Waals surface area (Å²) >= 11 is 0. The highest BCUT2D eigenvalue weighted by Crippen LogP contribution is 2.34. The van der Waals surface area contributed by atoms with Crippen molar-refractivity contribution in [1.29, 1.82) is 0 Å². The van der Waals surface area contributed by atoms with Gasteiger partial charge in [-0.05, 0) is 6.07 Å². The second-order valence-corrected chi connectivity index (χ2v) is 3.44. The zero-order valence-electron chi connectivity index (χ0n) is 8.85. The van der Waals surface area contributed by atoms with Crippen LogP contribution in [-0.4, -0.2) is 6.43 Å². The van der Waals surface area contributed by atoms with Crippen LogP contribution >= 0.6 is 12.4 Å². The van der Waals surface area contributed by atoms with Gasteiger partial charge in [-0.15, -0.1) is 12.4 Å². The smallest absolute Gasteiger partial charge is 0.324 e. The minimum atomic E-state index is -4.87. The Labute approximate surface area is 105 Å². The molecule has 0 heterocycles. The fraction of sp³-hybridized carbons (Fsp3) is 0.400. The summed E-state index contributed by atoms with van der Waals surface area (Å²) in [6.45, 7) is 0. The van der Waals surface area contributed by atoms with Crippen molar-refractivity contribution in [3.63, 3.8) is 0 Å². The summed E-state index contributed by atoms with van der Waals surface area (Å²) in [5.41, 5.74) is 3.17. The van der Waals surface area contributed by atoms with Crippen LogP contribution < -0.4 is 5.73 Å². The lowest BCUT2D eigenvalue weighted by Crippen LogP contribution is -2.18.